The van der Waals surface area contributed by atoms with E-state index in [-0.39, 0.29) is 5.97 Å². The fourth-order valence-corrected chi connectivity index (χ4v) is 1.64. The standard InChI is InChI=1S/C12H13BrO2/c1-8(2)6-12(14)15-11-5-4-9(3)7-10(11)13/h4-7H,1-3H3. The first-order valence-electron chi connectivity index (χ1n) is 4.62. The molecule has 0 saturated carbocycles. The van der Waals surface area contributed by atoms with E-state index >= 15 is 0 Å². The smallest absolute Gasteiger partial charge is 0.336 e. The average Bonchev–Trinajstić information content (AvgIpc) is 2.08. The zero-order chi connectivity index (χ0) is 11.4. The van der Waals surface area contributed by atoms with Crippen LogP contribution >= 0.6 is 15.9 Å². The quantitative estimate of drug-likeness (QED) is 0.465. The van der Waals surface area contributed by atoms with Gasteiger partial charge in [-0.2, -0.15) is 0 Å². The molecule has 0 bridgehead atoms. The molecule has 0 aliphatic carbocycles. The summed E-state index contributed by atoms with van der Waals surface area (Å²) in [7, 11) is 0. The molecule has 0 aromatic heterocycles. The number of allylic oxidation sites excluding steroid dienone is 1. The predicted octanol–water partition coefficient (Wildman–Crippen LogP) is 3.63. The molecular formula is C12H13BrO2. The van der Waals surface area contributed by atoms with Crippen LogP contribution < -0.4 is 4.74 Å². The molecule has 3 heteroatoms. The van der Waals surface area contributed by atoms with E-state index in [2.05, 4.69) is 15.9 Å². The third kappa shape index (κ3) is 3.88. The number of rotatable bonds is 2. The summed E-state index contributed by atoms with van der Waals surface area (Å²) in [4.78, 5) is 11.3. The van der Waals surface area contributed by atoms with Gasteiger partial charge in [-0.25, -0.2) is 4.79 Å². The van der Waals surface area contributed by atoms with E-state index in [1.54, 1.807) is 6.07 Å². The fraction of sp³-hybridized carbons (Fsp3) is 0.250. The minimum atomic E-state index is -0.348. The molecule has 2 nitrogen and oxygen atoms in total. The van der Waals surface area contributed by atoms with Crippen molar-refractivity contribution < 1.29 is 9.53 Å². The molecule has 0 unspecified atom stereocenters. The van der Waals surface area contributed by atoms with Crippen LogP contribution in [0.5, 0.6) is 5.75 Å². The summed E-state index contributed by atoms with van der Waals surface area (Å²) < 4.78 is 5.94. The zero-order valence-corrected chi connectivity index (χ0v) is 10.6. The fourth-order valence-electron chi connectivity index (χ4n) is 1.06. The van der Waals surface area contributed by atoms with Gasteiger partial charge in [-0.1, -0.05) is 11.6 Å². The van der Waals surface area contributed by atoms with Gasteiger partial charge in [-0.3, -0.25) is 0 Å². The third-order valence-electron chi connectivity index (χ3n) is 1.70. The summed E-state index contributed by atoms with van der Waals surface area (Å²) in [6.45, 7) is 5.68. The normalized spacial score (nSPS) is 9.60. The molecule has 0 heterocycles. The van der Waals surface area contributed by atoms with Crippen molar-refractivity contribution in [1.29, 1.82) is 0 Å². The Bertz CT molecular complexity index is 404. The van der Waals surface area contributed by atoms with Crippen molar-refractivity contribution in [2.75, 3.05) is 0 Å². The monoisotopic (exact) mass is 268 g/mol. The number of ether oxygens (including phenoxy) is 1. The lowest BCUT2D eigenvalue weighted by molar-refractivity contribution is -0.129. The highest BCUT2D eigenvalue weighted by molar-refractivity contribution is 9.10. The first-order chi connectivity index (χ1) is 6.99. The highest BCUT2D eigenvalue weighted by Gasteiger charge is 2.05. The Hall–Kier alpha value is -1.09. The van der Waals surface area contributed by atoms with E-state index in [1.807, 2.05) is 32.9 Å². The third-order valence-corrected chi connectivity index (χ3v) is 2.32. The molecular weight excluding hydrogens is 256 g/mol. The van der Waals surface area contributed by atoms with Crippen LogP contribution in [0.4, 0.5) is 0 Å². The van der Waals surface area contributed by atoms with E-state index in [4.69, 9.17) is 4.74 Å². The molecule has 0 aliphatic rings. The van der Waals surface area contributed by atoms with Crippen LogP contribution in [0, 0.1) is 6.92 Å². The topological polar surface area (TPSA) is 26.3 Å². The van der Waals surface area contributed by atoms with E-state index in [1.165, 1.54) is 6.08 Å². The van der Waals surface area contributed by atoms with Gasteiger partial charge in [-0.15, -0.1) is 0 Å². The maximum atomic E-state index is 11.3. The first kappa shape index (κ1) is 12.0. The zero-order valence-electron chi connectivity index (χ0n) is 9.00. The maximum absolute atomic E-state index is 11.3. The van der Waals surface area contributed by atoms with Crippen molar-refractivity contribution in [2.45, 2.75) is 20.8 Å². The largest absolute Gasteiger partial charge is 0.422 e. The molecule has 0 fully saturated rings. The molecule has 0 spiro atoms. The van der Waals surface area contributed by atoms with Crippen molar-refractivity contribution >= 4 is 21.9 Å². The Kier molecular flexibility index (Phi) is 4.09. The molecule has 0 atom stereocenters. The SMILES string of the molecule is CC(C)=CC(=O)Oc1ccc(C)cc1Br. The van der Waals surface area contributed by atoms with Gasteiger partial charge >= 0.3 is 5.97 Å². The Morgan fingerprint density at radius 2 is 2.07 bits per heavy atom. The maximum Gasteiger partial charge on any atom is 0.336 e. The van der Waals surface area contributed by atoms with E-state index < -0.39 is 0 Å². The van der Waals surface area contributed by atoms with Crippen LogP contribution in [0.25, 0.3) is 0 Å². The predicted molar refractivity (Wildman–Crippen MR) is 63.9 cm³/mol. The van der Waals surface area contributed by atoms with Crippen LogP contribution in [-0.4, -0.2) is 5.97 Å². The second kappa shape index (κ2) is 5.12. The van der Waals surface area contributed by atoms with Crippen molar-refractivity contribution in [3.63, 3.8) is 0 Å². The molecule has 0 radical (unpaired) electrons. The summed E-state index contributed by atoms with van der Waals surface area (Å²) in [5, 5.41) is 0. The highest BCUT2D eigenvalue weighted by Crippen LogP contribution is 2.25. The molecule has 1 rings (SSSR count). The number of carbonyl (C=O) groups excluding carboxylic acids is 1. The number of hydrogen-bond donors (Lipinski definition) is 0. The Labute approximate surface area is 98.1 Å². The molecule has 1 aromatic carbocycles. The van der Waals surface area contributed by atoms with Gasteiger partial charge in [0.15, 0.2) is 0 Å². The summed E-state index contributed by atoms with van der Waals surface area (Å²) >= 11 is 3.34. The number of esters is 1. The van der Waals surface area contributed by atoms with Gasteiger partial charge in [0, 0.05) is 6.08 Å². The van der Waals surface area contributed by atoms with Crippen LogP contribution in [0.15, 0.2) is 34.3 Å². The van der Waals surface area contributed by atoms with Gasteiger partial charge in [0.2, 0.25) is 0 Å². The van der Waals surface area contributed by atoms with Gasteiger partial charge in [0.25, 0.3) is 0 Å². The number of aryl methyl sites for hydroxylation is 1. The summed E-state index contributed by atoms with van der Waals surface area (Å²) in [5.74, 6) is 0.197. The van der Waals surface area contributed by atoms with Crippen molar-refractivity contribution in [2.24, 2.45) is 0 Å². The average molecular weight is 269 g/mol. The lowest BCUT2D eigenvalue weighted by Crippen LogP contribution is -2.04. The van der Waals surface area contributed by atoms with Crippen molar-refractivity contribution in [1.82, 2.24) is 0 Å². The number of halogens is 1. The van der Waals surface area contributed by atoms with Gasteiger partial charge < -0.3 is 4.74 Å². The minimum Gasteiger partial charge on any atom is -0.422 e. The number of benzene rings is 1. The van der Waals surface area contributed by atoms with Crippen LogP contribution in [0.1, 0.15) is 19.4 Å². The molecule has 80 valence electrons. The summed E-state index contributed by atoms with van der Waals surface area (Å²) in [6.07, 6.45) is 1.46. The Morgan fingerprint density at radius 3 is 2.60 bits per heavy atom. The second-order valence-corrected chi connectivity index (χ2v) is 4.43. The van der Waals surface area contributed by atoms with Gasteiger partial charge in [0.05, 0.1) is 4.47 Å². The molecule has 0 amide bonds. The molecule has 0 N–H and O–H groups in total. The van der Waals surface area contributed by atoms with Crippen LogP contribution in [-0.2, 0) is 4.79 Å². The second-order valence-electron chi connectivity index (χ2n) is 3.58. The molecule has 1 aromatic rings. The van der Waals surface area contributed by atoms with Crippen molar-refractivity contribution in [3.8, 4) is 5.75 Å². The lowest BCUT2D eigenvalue weighted by Gasteiger charge is -2.04. The molecule has 0 saturated heterocycles. The Morgan fingerprint density at radius 1 is 1.40 bits per heavy atom. The molecule has 15 heavy (non-hydrogen) atoms. The van der Waals surface area contributed by atoms with Gasteiger partial charge in [-0.05, 0) is 54.4 Å². The molecule has 0 aliphatic heterocycles. The Balaban J connectivity index is 2.82. The van der Waals surface area contributed by atoms with Gasteiger partial charge in [0.1, 0.15) is 5.75 Å². The summed E-state index contributed by atoms with van der Waals surface area (Å²) in [6, 6.07) is 5.58. The number of carbonyl (C=O) groups is 1. The van der Waals surface area contributed by atoms with E-state index in [9.17, 15) is 4.79 Å². The van der Waals surface area contributed by atoms with Crippen molar-refractivity contribution in [3.05, 3.63) is 39.9 Å². The van der Waals surface area contributed by atoms with E-state index in [0.29, 0.717) is 5.75 Å². The highest BCUT2D eigenvalue weighted by atomic mass is 79.9. The van der Waals surface area contributed by atoms with E-state index in [0.717, 1.165) is 15.6 Å². The summed E-state index contributed by atoms with van der Waals surface area (Å²) in [5.41, 5.74) is 2.03. The van der Waals surface area contributed by atoms with Crippen LogP contribution in [0.3, 0.4) is 0 Å². The van der Waals surface area contributed by atoms with Crippen LogP contribution in [0.2, 0.25) is 0 Å². The minimum absolute atomic E-state index is 0.348. The lowest BCUT2D eigenvalue weighted by atomic mass is 10.2. The first-order valence-corrected chi connectivity index (χ1v) is 5.41. The number of hydrogen-bond acceptors (Lipinski definition) is 2.